The Morgan fingerprint density at radius 3 is 1.67 bits per heavy atom. The number of benzene rings is 2. The third-order valence-corrected chi connectivity index (χ3v) is 4.34. The largest absolute Gasteiger partial charge is 0.297 e. The van der Waals surface area contributed by atoms with Gasteiger partial charge < -0.3 is 0 Å². The number of hydrogen-bond donors (Lipinski definition) is 0. The van der Waals surface area contributed by atoms with Crippen LogP contribution in [0.25, 0.3) is 0 Å². The van der Waals surface area contributed by atoms with E-state index in [0.717, 1.165) is 50.4 Å². The molecular weight excluding hydrogens is 309 g/mol. The zero-order valence-corrected chi connectivity index (χ0v) is 13.4. The maximum atomic E-state index is 12.9. The van der Waals surface area contributed by atoms with Gasteiger partial charge in [0.2, 0.25) is 0 Å². The Bertz CT molecular complexity index is 680. The van der Waals surface area contributed by atoms with Crippen molar-refractivity contribution in [1.29, 1.82) is 0 Å². The number of rotatable bonds is 5. The van der Waals surface area contributed by atoms with E-state index in [4.69, 9.17) is 0 Å². The molecule has 1 aliphatic rings. The average molecular weight is 329 g/mol. The van der Waals surface area contributed by atoms with Gasteiger partial charge in [-0.3, -0.25) is 19.9 Å². The zero-order valence-electron chi connectivity index (χ0n) is 13.4. The number of hydrogen-bond acceptors (Lipinski definition) is 4. The SMILES string of the molecule is O=[N+]([O-])c1ccc(CN2CCN(Cc3ccc(F)cc3)CC2)cc1. The lowest BCUT2D eigenvalue weighted by molar-refractivity contribution is -0.384. The van der Waals surface area contributed by atoms with Gasteiger partial charge in [-0.2, -0.15) is 0 Å². The average Bonchev–Trinajstić information content (AvgIpc) is 2.59. The topological polar surface area (TPSA) is 49.6 Å². The molecule has 0 spiro atoms. The van der Waals surface area contributed by atoms with E-state index in [-0.39, 0.29) is 16.4 Å². The molecule has 5 nitrogen and oxygen atoms in total. The quantitative estimate of drug-likeness (QED) is 0.625. The van der Waals surface area contributed by atoms with E-state index >= 15 is 0 Å². The molecule has 0 bridgehead atoms. The van der Waals surface area contributed by atoms with Crippen LogP contribution in [0.4, 0.5) is 10.1 Å². The highest BCUT2D eigenvalue weighted by Crippen LogP contribution is 2.15. The van der Waals surface area contributed by atoms with E-state index in [1.165, 1.54) is 12.1 Å². The number of nitrogens with zero attached hydrogens (tertiary/aromatic N) is 3. The minimum Gasteiger partial charge on any atom is -0.297 e. The normalized spacial score (nSPS) is 16.2. The number of nitro groups is 1. The van der Waals surface area contributed by atoms with Gasteiger partial charge in [0, 0.05) is 51.4 Å². The Morgan fingerprint density at radius 1 is 0.833 bits per heavy atom. The van der Waals surface area contributed by atoms with Gasteiger partial charge in [0.25, 0.3) is 5.69 Å². The van der Waals surface area contributed by atoms with E-state index in [0.29, 0.717) is 0 Å². The van der Waals surface area contributed by atoms with Crippen LogP contribution in [-0.4, -0.2) is 40.9 Å². The van der Waals surface area contributed by atoms with Crippen molar-refractivity contribution in [1.82, 2.24) is 9.80 Å². The van der Waals surface area contributed by atoms with Crippen LogP contribution in [0.2, 0.25) is 0 Å². The fraction of sp³-hybridized carbons (Fsp3) is 0.333. The summed E-state index contributed by atoms with van der Waals surface area (Å²) in [5.41, 5.74) is 2.34. The van der Waals surface area contributed by atoms with E-state index in [2.05, 4.69) is 9.80 Å². The van der Waals surface area contributed by atoms with Crippen molar-refractivity contribution in [3.05, 3.63) is 75.6 Å². The smallest absolute Gasteiger partial charge is 0.269 e. The molecule has 1 fully saturated rings. The molecule has 0 radical (unpaired) electrons. The Balaban J connectivity index is 1.48. The van der Waals surface area contributed by atoms with Crippen molar-refractivity contribution in [3.8, 4) is 0 Å². The van der Waals surface area contributed by atoms with E-state index in [1.807, 2.05) is 24.3 Å². The van der Waals surface area contributed by atoms with Gasteiger partial charge in [-0.05, 0) is 23.3 Å². The molecule has 3 rings (SSSR count). The highest BCUT2D eigenvalue weighted by Gasteiger charge is 2.17. The van der Waals surface area contributed by atoms with Crippen LogP contribution < -0.4 is 0 Å². The van der Waals surface area contributed by atoms with Crippen molar-refractivity contribution >= 4 is 5.69 Å². The fourth-order valence-electron chi connectivity index (χ4n) is 2.93. The minimum absolute atomic E-state index is 0.128. The molecule has 1 saturated heterocycles. The van der Waals surface area contributed by atoms with Gasteiger partial charge in [-0.15, -0.1) is 0 Å². The standard InChI is InChI=1S/C18H20FN3O2/c19-17-5-1-15(2-6-17)13-20-9-11-21(12-10-20)14-16-3-7-18(8-4-16)22(23)24/h1-8H,9-14H2. The first-order chi connectivity index (χ1) is 11.6. The van der Waals surface area contributed by atoms with Gasteiger partial charge in [0.1, 0.15) is 5.82 Å². The second-order valence-corrected chi connectivity index (χ2v) is 6.10. The summed E-state index contributed by atoms with van der Waals surface area (Å²) in [6.07, 6.45) is 0. The molecule has 0 unspecified atom stereocenters. The molecule has 0 amide bonds. The Labute approximate surface area is 140 Å². The lowest BCUT2D eigenvalue weighted by Crippen LogP contribution is -2.45. The van der Waals surface area contributed by atoms with Gasteiger partial charge in [-0.1, -0.05) is 24.3 Å². The molecule has 0 atom stereocenters. The Hall–Kier alpha value is -2.31. The first-order valence-electron chi connectivity index (χ1n) is 8.02. The predicted octanol–water partition coefficient (Wildman–Crippen LogP) is 3.05. The summed E-state index contributed by atoms with van der Waals surface area (Å²) < 4.78 is 12.9. The van der Waals surface area contributed by atoms with Crippen LogP contribution in [-0.2, 0) is 13.1 Å². The molecule has 126 valence electrons. The van der Waals surface area contributed by atoms with Gasteiger partial charge >= 0.3 is 0 Å². The monoisotopic (exact) mass is 329 g/mol. The highest BCUT2D eigenvalue weighted by atomic mass is 19.1. The molecule has 2 aromatic carbocycles. The Kier molecular flexibility index (Phi) is 5.17. The molecule has 0 N–H and O–H groups in total. The second kappa shape index (κ2) is 7.51. The number of non-ortho nitro benzene ring substituents is 1. The number of piperazine rings is 1. The van der Waals surface area contributed by atoms with Crippen LogP contribution in [0.1, 0.15) is 11.1 Å². The van der Waals surface area contributed by atoms with E-state index in [9.17, 15) is 14.5 Å². The number of nitro benzene ring substituents is 1. The molecule has 1 aliphatic heterocycles. The third-order valence-electron chi connectivity index (χ3n) is 4.34. The summed E-state index contributed by atoms with van der Waals surface area (Å²) in [5, 5.41) is 10.7. The molecule has 24 heavy (non-hydrogen) atoms. The molecule has 6 heteroatoms. The summed E-state index contributed by atoms with van der Waals surface area (Å²) >= 11 is 0. The highest BCUT2D eigenvalue weighted by molar-refractivity contribution is 5.32. The third kappa shape index (κ3) is 4.37. The molecule has 0 aliphatic carbocycles. The van der Waals surface area contributed by atoms with Crippen LogP contribution in [0.3, 0.4) is 0 Å². The van der Waals surface area contributed by atoms with Crippen LogP contribution in [0, 0.1) is 15.9 Å². The molecular formula is C18H20FN3O2. The van der Waals surface area contributed by atoms with Gasteiger partial charge in [-0.25, -0.2) is 4.39 Å². The maximum absolute atomic E-state index is 12.9. The van der Waals surface area contributed by atoms with Crippen molar-refractivity contribution in [2.45, 2.75) is 13.1 Å². The zero-order chi connectivity index (χ0) is 16.9. The van der Waals surface area contributed by atoms with Crippen molar-refractivity contribution < 1.29 is 9.31 Å². The molecule has 2 aromatic rings. The minimum atomic E-state index is -0.377. The lowest BCUT2D eigenvalue weighted by Gasteiger charge is -2.34. The van der Waals surface area contributed by atoms with Gasteiger partial charge in [0.15, 0.2) is 0 Å². The van der Waals surface area contributed by atoms with Crippen LogP contribution in [0.5, 0.6) is 0 Å². The van der Waals surface area contributed by atoms with Crippen molar-refractivity contribution in [2.75, 3.05) is 26.2 Å². The first-order valence-corrected chi connectivity index (χ1v) is 8.02. The van der Waals surface area contributed by atoms with Crippen LogP contribution in [0.15, 0.2) is 48.5 Å². The summed E-state index contributed by atoms with van der Waals surface area (Å²) in [5.74, 6) is -0.202. The van der Waals surface area contributed by atoms with E-state index < -0.39 is 0 Å². The lowest BCUT2D eigenvalue weighted by atomic mass is 10.1. The van der Waals surface area contributed by atoms with Gasteiger partial charge in [0.05, 0.1) is 4.92 Å². The summed E-state index contributed by atoms with van der Waals surface area (Å²) in [6.45, 7) is 5.49. The fourth-order valence-corrected chi connectivity index (χ4v) is 2.93. The molecule has 1 heterocycles. The molecule has 0 saturated carbocycles. The maximum Gasteiger partial charge on any atom is 0.269 e. The first kappa shape index (κ1) is 16.5. The predicted molar refractivity (Wildman–Crippen MR) is 90.1 cm³/mol. The summed E-state index contributed by atoms with van der Waals surface area (Å²) in [7, 11) is 0. The summed E-state index contributed by atoms with van der Waals surface area (Å²) in [6, 6.07) is 13.4. The molecule has 0 aromatic heterocycles. The van der Waals surface area contributed by atoms with Crippen LogP contribution >= 0.6 is 0 Å². The van der Waals surface area contributed by atoms with Crippen molar-refractivity contribution in [2.24, 2.45) is 0 Å². The number of halogens is 1. The summed E-state index contributed by atoms with van der Waals surface area (Å²) in [4.78, 5) is 15.0. The Morgan fingerprint density at radius 2 is 1.25 bits per heavy atom. The van der Waals surface area contributed by atoms with E-state index in [1.54, 1.807) is 12.1 Å². The van der Waals surface area contributed by atoms with Crippen molar-refractivity contribution in [3.63, 3.8) is 0 Å². The second-order valence-electron chi connectivity index (χ2n) is 6.10.